The van der Waals surface area contributed by atoms with E-state index in [4.69, 9.17) is 0 Å². The van der Waals surface area contributed by atoms with Crippen LogP contribution < -0.4 is 10.9 Å². The summed E-state index contributed by atoms with van der Waals surface area (Å²) in [5.41, 5.74) is -0.125. The third kappa shape index (κ3) is 4.41. The van der Waals surface area contributed by atoms with Gasteiger partial charge >= 0.3 is 6.18 Å². The van der Waals surface area contributed by atoms with Gasteiger partial charge in [-0.25, -0.2) is 4.68 Å². The number of nitrogens with zero attached hydrogens (tertiary/aromatic N) is 3. The van der Waals surface area contributed by atoms with E-state index in [-0.39, 0.29) is 11.1 Å². The van der Waals surface area contributed by atoms with Crippen LogP contribution in [0.2, 0.25) is 0 Å². The summed E-state index contributed by atoms with van der Waals surface area (Å²) in [7, 11) is 0. The van der Waals surface area contributed by atoms with Gasteiger partial charge in [0.05, 0.1) is 10.9 Å². The molecule has 1 aliphatic rings. The Morgan fingerprint density at radius 3 is 2.72 bits per heavy atom. The Morgan fingerprint density at radius 1 is 1.28 bits per heavy atom. The van der Waals surface area contributed by atoms with E-state index in [0.717, 1.165) is 46.5 Å². The molecule has 3 aromatic rings. The maximum atomic E-state index is 13.1. The van der Waals surface area contributed by atoms with Crippen molar-refractivity contribution in [3.8, 4) is 0 Å². The summed E-state index contributed by atoms with van der Waals surface area (Å²) in [6.07, 6.45) is -1.89. The number of thiophene rings is 1. The van der Waals surface area contributed by atoms with E-state index in [2.05, 4.69) is 36.4 Å². The van der Waals surface area contributed by atoms with E-state index in [1.54, 1.807) is 0 Å². The Labute approximate surface area is 186 Å². The van der Waals surface area contributed by atoms with E-state index in [0.29, 0.717) is 16.1 Å². The second kappa shape index (κ2) is 7.99. The molecule has 0 saturated heterocycles. The van der Waals surface area contributed by atoms with Crippen molar-refractivity contribution in [2.75, 3.05) is 5.32 Å². The van der Waals surface area contributed by atoms with Crippen molar-refractivity contribution in [3.63, 3.8) is 0 Å². The molecule has 0 spiro atoms. The van der Waals surface area contributed by atoms with Crippen molar-refractivity contribution in [1.29, 1.82) is 0 Å². The van der Waals surface area contributed by atoms with Gasteiger partial charge in [-0.2, -0.15) is 13.2 Å². The molecule has 170 valence electrons. The minimum absolute atomic E-state index is 0.00644. The minimum atomic E-state index is -4.52. The molecule has 2 heterocycles. The van der Waals surface area contributed by atoms with Crippen LogP contribution >= 0.6 is 11.3 Å². The number of aromatic nitrogens is 3. The van der Waals surface area contributed by atoms with Crippen LogP contribution in [0.25, 0.3) is 10.2 Å². The van der Waals surface area contributed by atoms with Crippen LogP contribution in [0, 0.1) is 11.3 Å². The van der Waals surface area contributed by atoms with E-state index in [1.807, 2.05) is 0 Å². The number of alkyl halides is 3. The number of nitrogens with one attached hydrogen (secondary N) is 1. The zero-order valence-corrected chi connectivity index (χ0v) is 18.7. The molecule has 0 saturated carbocycles. The lowest BCUT2D eigenvalue weighted by Crippen LogP contribution is -2.31. The molecule has 0 radical (unpaired) electrons. The lowest BCUT2D eigenvalue weighted by atomic mass is 9.72. The Balaban J connectivity index is 1.57. The summed E-state index contributed by atoms with van der Waals surface area (Å²) < 4.78 is 39.6. The molecule has 1 aliphatic carbocycles. The van der Waals surface area contributed by atoms with E-state index >= 15 is 0 Å². The summed E-state index contributed by atoms with van der Waals surface area (Å²) in [4.78, 5) is 27.1. The molecule has 0 unspecified atom stereocenters. The first kappa shape index (κ1) is 22.4. The lowest BCUT2D eigenvalue weighted by Gasteiger charge is -2.33. The topological polar surface area (TPSA) is 76.9 Å². The number of hydrogen-bond acceptors (Lipinski definition) is 5. The molecule has 1 amide bonds. The molecule has 0 aliphatic heterocycles. The number of hydrogen-bond donors (Lipinski definition) is 1. The molecule has 1 atom stereocenters. The van der Waals surface area contributed by atoms with E-state index in [9.17, 15) is 22.8 Å². The first-order chi connectivity index (χ1) is 14.9. The van der Waals surface area contributed by atoms with Crippen LogP contribution in [0.15, 0.2) is 29.1 Å². The lowest BCUT2D eigenvalue weighted by molar-refractivity contribution is -0.137. The van der Waals surface area contributed by atoms with Gasteiger partial charge < -0.3 is 5.32 Å². The van der Waals surface area contributed by atoms with Gasteiger partial charge in [-0.15, -0.1) is 16.4 Å². The number of amides is 1. The number of benzene rings is 1. The molecule has 10 heteroatoms. The molecular formula is C22H23F3N4O2S. The van der Waals surface area contributed by atoms with E-state index < -0.39 is 29.8 Å². The average molecular weight is 465 g/mol. The van der Waals surface area contributed by atoms with Gasteiger partial charge in [0.25, 0.3) is 5.56 Å². The van der Waals surface area contributed by atoms with Gasteiger partial charge in [-0.3, -0.25) is 9.59 Å². The predicted molar refractivity (Wildman–Crippen MR) is 117 cm³/mol. The SMILES string of the molecule is CC(C)(C)[C@@H]1CCc2c(sc3nnn(CC(=O)Nc4cccc(C(F)(F)F)c4)c(=O)c23)C1. The van der Waals surface area contributed by atoms with Crippen LogP contribution in [0.1, 0.15) is 43.2 Å². The maximum absolute atomic E-state index is 13.1. The fourth-order valence-electron chi connectivity index (χ4n) is 4.08. The zero-order valence-electron chi connectivity index (χ0n) is 17.9. The number of halogens is 3. The van der Waals surface area contributed by atoms with Crippen molar-refractivity contribution in [1.82, 2.24) is 15.0 Å². The smallest absolute Gasteiger partial charge is 0.324 e. The summed E-state index contributed by atoms with van der Waals surface area (Å²) in [6.45, 7) is 6.20. The highest BCUT2D eigenvalue weighted by molar-refractivity contribution is 7.18. The second-order valence-corrected chi connectivity index (χ2v) is 10.3. The fraction of sp³-hybridized carbons (Fsp3) is 0.455. The molecule has 1 N–H and O–H groups in total. The van der Waals surface area contributed by atoms with Gasteiger partial charge in [0.1, 0.15) is 6.54 Å². The summed E-state index contributed by atoms with van der Waals surface area (Å²) in [5, 5.41) is 10.9. The number of aryl methyl sites for hydroxylation is 1. The number of carbonyl (C=O) groups is 1. The molecule has 0 bridgehead atoms. The quantitative estimate of drug-likeness (QED) is 0.612. The molecule has 4 rings (SSSR count). The van der Waals surface area contributed by atoms with Gasteiger partial charge in [-0.05, 0) is 54.4 Å². The zero-order chi connectivity index (χ0) is 23.3. The minimum Gasteiger partial charge on any atom is -0.324 e. The maximum Gasteiger partial charge on any atom is 0.416 e. The summed E-state index contributed by atoms with van der Waals surface area (Å²) in [6, 6.07) is 4.32. The van der Waals surface area contributed by atoms with Gasteiger partial charge in [0.2, 0.25) is 5.91 Å². The first-order valence-corrected chi connectivity index (χ1v) is 11.1. The number of fused-ring (bicyclic) bond motifs is 3. The Morgan fingerprint density at radius 2 is 2.03 bits per heavy atom. The standard InChI is InChI=1S/C22H23F3N4O2S/c1-21(2,3)12-7-8-15-16(10-12)32-19-18(15)20(31)29(28-27-19)11-17(30)26-14-6-4-5-13(9-14)22(23,24)25/h4-6,9,12H,7-8,10-11H2,1-3H3,(H,26,30)/t12-/m1/s1. The van der Waals surface area contributed by atoms with Crippen LogP contribution in [0.3, 0.4) is 0 Å². The molecular weight excluding hydrogens is 441 g/mol. The van der Waals surface area contributed by atoms with Crippen molar-refractivity contribution in [2.45, 2.75) is 52.8 Å². The van der Waals surface area contributed by atoms with Gasteiger partial charge in [0.15, 0.2) is 4.83 Å². The summed E-state index contributed by atoms with van der Waals surface area (Å²) >= 11 is 1.47. The highest BCUT2D eigenvalue weighted by atomic mass is 32.1. The third-order valence-corrected chi connectivity index (χ3v) is 7.07. The van der Waals surface area contributed by atoms with Crippen LogP contribution in [0.5, 0.6) is 0 Å². The molecule has 1 aromatic carbocycles. The number of anilines is 1. The van der Waals surface area contributed by atoms with Crippen molar-refractivity contribution in [2.24, 2.45) is 11.3 Å². The fourth-order valence-corrected chi connectivity index (χ4v) is 5.31. The number of carbonyl (C=O) groups excluding carboxylic acids is 1. The normalized spacial score (nSPS) is 16.8. The van der Waals surface area contributed by atoms with Crippen molar-refractivity contribution >= 4 is 33.1 Å². The molecule has 2 aromatic heterocycles. The van der Waals surface area contributed by atoms with Crippen LogP contribution in [-0.2, 0) is 30.4 Å². The largest absolute Gasteiger partial charge is 0.416 e. The van der Waals surface area contributed by atoms with E-state index in [1.165, 1.54) is 23.5 Å². The second-order valence-electron chi connectivity index (χ2n) is 9.17. The molecule has 0 fully saturated rings. The molecule has 6 nitrogen and oxygen atoms in total. The first-order valence-electron chi connectivity index (χ1n) is 10.3. The van der Waals surface area contributed by atoms with Crippen molar-refractivity contribution < 1.29 is 18.0 Å². The number of rotatable bonds is 3. The summed E-state index contributed by atoms with van der Waals surface area (Å²) in [5.74, 6) is -0.145. The Hall–Kier alpha value is -2.75. The monoisotopic (exact) mass is 464 g/mol. The Bertz CT molecular complexity index is 1240. The van der Waals surface area contributed by atoms with Gasteiger partial charge in [-0.1, -0.05) is 32.1 Å². The predicted octanol–water partition coefficient (Wildman–Crippen LogP) is 4.66. The van der Waals surface area contributed by atoms with Crippen LogP contribution in [0.4, 0.5) is 18.9 Å². The highest BCUT2D eigenvalue weighted by Gasteiger charge is 2.32. The van der Waals surface area contributed by atoms with Crippen molar-refractivity contribution in [3.05, 3.63) is 50.6 Å². The highest BCUT2D eigenvalue weighted by Crippen LogP contribution is 2.41. The third-order valence-electron chi connectivity index (χ3n) is 5.93. The van der Waals surface area contributed by atoms with Crippen LogP contribution in [-0.4, -0.2) is 20.9 Å². The average Bonchev–Trinajstić information content (AvgIpc) is 3.07. The Kier molecular flexibility index (Phi) is 5.60. The molecule has 32 heavy (non-hydrogen) atoms. The van der Waals surface area contributed by atoms with Gasteiger partial charge in [0, 0.05) is 10.6 Å².